The summed E-state index contributed by atoms with van der Waals surface area (Å²) in [6.45, 7) is 2.07. The van der Waals surface area contributed by atoms with Gasteiger partial charge in [0.1, 0.15) is 0 Å². The third-order valence-electron chi connectivity index (χ3n) is 2.61. The molecule has 1 aliphatic rings. The maximum Gasteiger partial charge on any atom is 0.312 e. The topological polar surface area (TPSA) is 93.1 Å². The number of nitrogens with one attached hydrogen (secondary N) is 1. The molecule has 0 aromatic carbocycles. The Morgan fingerprint density at radius 1 is 1.12 bits per heavy atom. The Morgan fingerprint density at radius 3 is 2.12 bits per heavy atom. The zero-order valence-corrected chi connectivity index (χ0v) is 9.76. The molecule has 7 nitrogen and oxygen atoms in total. The molecule has 98 valence electrons. The summed E-state index contributed by atoms with van der Waals surface area (Å²) in [6.07, 6.45) is 0. The van der Waals surface area contributed by atoms with Crippen molar-refractivity contribution in [1.82, 2.24) is 15.1 Å². The van der Waals surface area contributed by atoms with Crippen molar-refractivity contribution in [3.8, 4) is 0 Å². The predicted molar refractivity (Wildman–Crippen MR) is 60.2 cm³/mol. The Labute approximate surface area is 100.0 Å². The SMILES string of the molecule is O=C(C(=O)N1CCNCC1)N(CCO)CCO. The fraction of sp³-hybridized carbons (Fsp3) is 0.800. The van der Waals surface area contributed by atoms with Gasteiger partial charge in [-0.1, -0.05) is 0 Å². The molecule has 0 aliphatic carbocycles. The van der Waals surface area contributed by atoms with E-state index >= 15 is 0 Å². The van der Waals surface area contributed by atoms with Crippen LogP contribution in [0.25, 0.3) is 0 Å². The van der Waals surface area contributed by atoms with Crippen LogP contribution < -0.4 is 5.32 Å². The van der Waals surface area contributed by atoms with Crippen LogP contribution in [-0.2, 0) is 9.59 Å². The molecule has 17 heavy (non-hydrogen) atoms. The van der Waals surface area contributed by atoms with Crippen molar-refractivity contribution >= 4 is 11.8 Å². The number of hydrogen-bond acceptors (Lipinski definition) is 5. The molecule has 0 unspecified atom stereocenters. The van der Waals surface area contributed by atoms with E-state index in [0.717, 1.165) is 0 Å². The average molecular weight is 245 g/mol. The summed E-state index contributed by atoms with van der Waals surface area (Å²) in [5.41, 5.74) is 0. The third-order valence-corrected chi connectivity index (χ3v) is 2.61. The van der Waals surface area contributed by atoms with E-state index in [0.29, 0.717) is 26.2 Å². The summed E-state index contributed by atoms with van der Waals surface area (Å²) in [5, 5.41) is 20.7. The van der Waals surface area contributed by atoms with Crippen molar-refractivity contribution in [3.63, 3.8) is 0 Å². The number of aliphatic hydroxyl groups is 2. The molecule has 0 aromatic rings. The summed E-state index contributed by atoms with van der Waals surface area (Å²) in [4.78, 5) is 26.3. The van der Waals surface area contributed by atoms with Gasteiger partial charge in [-0.05, 0) is 0 Å². The quantitative estimate of drug-likeness (QED) is 0.466. The monoisotopic (exact) mass is 245 g/mol. The molecule has 1 saturated heterocycles. The number of piperazine rings is 1. The normalized spacial score (nSPS) is 15.8. The molecular formula is C10H19N3O4. The molecule has 1 fully saturated rings. The van der Waals surface area contributed by atoms with Crippen LogP contribution in [0.5, 0.6) is 0 Å². The number of aliphatic hydroxyl groups excluding tert-OH is 2. The first-order valence-corrected chi connectivity index (χ1v) is 5.71. The highest BCUT2D eigenvalue weighted by Gasteiger charge is 2.27. The van der Waals surface area contributed by atoms with E-state index in [1.54, 1.807) is 0 Å². The molecule has 0 aromatic heterocycles. The summed E-state index contributed by atoms with van der Waals surface area (Å²) >= 11 is 0. The number of carbonyl (C=O) groups excluding carboxylic acids is 2. The lowest BCUT2D eigenvalue weighted by atomic mass is 10.3. The minimum atomic E-state index is -0.657. The fourth-order valence-electron chi connectivity index (χ4n) is 1.69. The molecule has 7 heteroatoms. The van der Waals surface area contributed by atoms with Crippen molar-refractivity contribution in [2.45, 2.75) is 0 Å². The molecule has 0 saturated carbocycles. The highest BCUT2D eigenvalue weighted by atomic mass is 16.3. The number of nitrogens with zero attached hydrogens (tertiary/aromatic N) is 2. The second-order valence-corrected chi connectivity index (χ2v) is 3.78. The van der Waals surface area contributed by atoms with Gasteiger partial charge in [-0.15, -0.1) is 0 Å². The lowest BCUT2D eigenvalue weighted by Gasteiger charge is -2.29. The second kappa shape index (κ2) is 7.21. The van der Waals surface area contributed by atoms with Crippen LogP contribution in [0.2, 0.25) is 0 Å². The van der Waals surface area contributed by atoms with Gasteiger partial charge in [0.25, 0.3) is 0 Å². The van der Waals surface area contributed by atoms with E-state index in [-0.39, 0.29) is 26.3 Å². The zero-order chi connectivity index (χ0) is 12.7. The highest BCUT2D eigenvalue weighted by molar-refractivity contribution is 6.34. The van der Waals surface area contributed by atoms with Gasteiger partial charge in [-0.25, -0.2) is 0 Å². The Morgan fingerprint density at radius 2 is 1.65 bits per heavy atom. The Hall–Kier alpha value is -1.18. The number of carbonyl (C=O) groups is 2. The van der Waals surface area contributed by atoms with E-state index in [1.807, 2.05) is 0 Å². The van der Waals surface area contributed by atoms with Crippen LogP contribution in [0.3, 0.4) is 0 Å². The lowest BCUT2D eigenvalue weighted by molar-refractivity contribution is -0.152. The summed E-state index contributed by atoms with van der Waals surface area (Å²) < 4.78 is 0. The maximum atomic E-state index is 11.8. The number of hydrogen-bond donors (Lipinski definition) is 3. The van der Waals surface area contributed by atoms with Gasteiger partial charge in [0.15, 0.2) is 0 Å². The molecule has 1 heterocycles. The minimum absolute atomic E-state index is 0.0667. The lowest BCUT2D eigenvalue weighted by Crippen LogP contribution is -2.52. The van der Waals surface area contributed by atoms with E-state index in [9.17, 15) is 9.59 Å². The first kappa shape index (κ1) is 13.9. The van der Waals surface area contributed by atoms with Crippen LogP contribution in [-0.4, -0.2) is 84.3 Å². The maximum absolute atomic E-state index is 11.8. The van der Waals surface area contributed by atoms with Crippen LogP contribution >= 0.6 is 0 Å². The van der Waals surface area contributed by atoms with Crippen molar-refractivity contribution in [3.05, 3.63) is 0 Å². The van der Waals surface area contributed by atoms with Crippen molar-refractivity contribution in [1.29, 1.82) is 0 Å². The zero-order valence-electron chi connectivity index (χ0n) is 9.76. The van der Waals surface area contributed by atoms with Crippen LogP contribution in [0, 0.1) is 0 Å². The molecule has 3 N–H and O–H groups in total. The van der Waals surface area contributed by atoms with Crippen LogP contribution in [0.1, 0.15) is 0 Å². The smallest absolute Gasteiger partial charge is 0.312 e. The first-order chi connectivity index (χ1) is 8.20. The van der Waals surface area contributed by atoms with Crippen LogP contribution in [0.15, 0.2) is 0 Å². The third kappa shape index (κ3) is 3.95. The van der Waals surface area contributed by atoms with Crippen molar-refractivity contribution in [2.75, 3.05) is 52.5 Å². The van der Waals surface area contributed by atoms with Gasteiger partial charge in [0.05, 0.1) is 13.2 Å². The average Bonchev–Trinajstić information content (AvgIpc) is 2.38. The van der Waals surface area contributed by atoms with Crippen molar-refractivity contribution in [2.24, 2.45) is 0 Å². The Bertz CT molecular complexity index is 260. The summed E-state index contributed by atoms with van der Waals surface area (Å²) in [6, 6.07) is 0. The van der Waals surface area contributed by atoms with Gasteiger partial charge in [0.2, 0.25) is 0 Å². The summed E-state index contributed by atoms with van der Waals surface area (Å²) in [5.74, 6) is -1.22. The highest BCUT2D eigenvalue weighted by Crippen LogP contribution is 1.98. The molecule has 0 spiro atoms. The second-order valence-electron chi connectivity index (χ2n) is 3.78. The molecular weight excluding hydrogens is 226 g/mol. The first-order valence-electron chi connectivity index (χ1n) is 5.71. The number of rotatable bonds is 4. The summed E-state index contributed by atoms with van der Waals surface area (Å²) in [7, 11) is 0. The van der Waals surface area contributed by atoms with Gasteiger partial charge in [0, 0.05) is 39.3 Å². The number of amides is 2. The van der Waals surface area contributed by atoms with Crippen molar-refractivity contribution < 1.29 is 19.8 Å². The Kier molecular flexibility index (Phi) is 5.88. The molecule has 0 atom stereocenters. The van der Waals surface area contributed by atoms with E-state index < -0.39 is 11.8 Å². The van der Waals surface area contributed by atoms with E-state index in [2.05, 4.69) is 5.32 Å². The van der Waals surface area contributed by atoms with Gasteiger partial charge in [-0.3, -0.25) is 9.59 Å². The Balaban J connectivity index is 2.55. The molecule has 2 amide bonds. The van der Waals surface area contributed by atoms with Gasteiger partial charge in [-0.2, -0.15) is 0 Å². The standard InChI is InChI=1S/C10H19N3O4/c14-7-5-13(6-8-15)10(17)9(16)12-3-1-11-2-4-12/h11,14-15H,1-8H2. The molecule has 1 rings (SSSR count). The molecule has 0 bridgehead atoms. The van der Waals surface area contributed by atoms with E-state index in [1.165, 1.54) is 9.80 Å². The predicted octanol–water partition coefficient (Wildman–Crippen LogP) is -2.77. The molecule has 1 aliphatic heterocycles. The molecule has 0 radical (unpaired) electrons. The largest absolute Gasteiger partial charge is 0.395 e. The fourth-order valence-corrected chi connectivity index (χ4v) is 1.69. The van der Waals surface area contributed by atoms with Gasteiger partial charge < -0.3 is 25.3 Å². The van der Waals surface area contributed by atoms with E-state index in [4.69, 9.17) is 10.2 Å². The van der Waals surface area contributed by atoms with Crippen LogP contribution in [0.4, 0.5) is 0 Å². The van der Waals surface area contributed by atoms with Gasteiger partial charge >= 0.3 is 11.8 Å². The minimum Gasteiger partial charge on any atom is -0.395 e.